The summed E-state index contributed by atoms with van der Waals surface area (Å²) in [6.45, 7) is 1.71. The summed E-state index contributed by atoms with van der Waals surface area (Å²) in [6, 6.07) is 3.16. The van der Waals surface area contributed by atoms with Gasteiger partial charge < -0.3 is 9.72 Å². The van der Waals surface area contributed by atoms with Crippen LogP contribution in [0.3, 0.4) is 0 Å². The van der Waals surface area contributed by atoms with Crippen LogP contribution in [0.2, 0.25) is 0 Å². The van der Waals surface area contributed by atoms with Crippen LogP contribution in [0.4, 0.5) is 0 Å². The highest BCUT2D eigenvalue weighted by atomic mass is 16.2. The first-order valence-electron chi connectivity index (χ1n) is 7.51. The van der Waals surface area contributed by atoms with Gasteiger partial charge in [-0.15, -0.1) is 0 Å². The van der Waals surface area contributed by atoms with E-state index in [1.807, 2.05) is 0 Å². The number of amides is 1. The second-order valence-electron chi connectivity index (χ2n) is 5.70. The molecule has 1 aliphatic rings. The molecule has 1 saturated carbocycles. The highest BCUT2D eigenvalue weighted by molar-refractivity contribution is 5.80. The minimum Gasteiger partial charge on any atom is -0.352 e. The molecule has 1 N–H and O–H groups in total. The number of aromatic nitrogens is 3. The predicted molar refractivity (Wildman–Crippen MR) is 79.2 cm³/mol. The third-order valence-electron chi connectivity index (χ3n) is 4.20. The van der Waals surface area contributed by atoms with Crippen molar-refractivity contribution in [3.05, 3.63) is 35.0 Å². The van der Waals surface area contributed by atoms with Crippen LogP contribution in [0.15, 0.2) is 29.5 Å². The fraction of sp³-hybridized carbons (Fsp3) is 0.533. The van der Waals surface area contributed by atoms with E-state index in [2.05, 4.69) is 10.4 Å². The van der Waals surface area contributed by atoms with E-state index in [9.17, 15) is 9.59 Å². The first-order valence-corrected chi connectivity index (χ1v) is 7.51. The molecule has 0 aliphatic heterocycles. The molecule has 1 unspecified atom stereocenters. The Labute approximate surface area is 122 Å². The fourth-order valence-electron chi connectivity index (χ4n) is 2.91. The Morgan fingerprint density at radius 3 is 2.90 bits per heavy atom. The Balaban J connectivity index is 1.79. The lowest BCUT2D eigenvalue weighted by Gasteiger charge is -2.24. The van der Waals surface area contributed by atoms with Gasteiger partial charge >= 0.3 is 0 Å². The maximum absolute atomic E-state index is 12.3. The zero-order chi connectivity index (χ0) is 14.8. The van der Waals surface area contributed by atoms with Crippen molar-refractivity contribution < 1.29 is 4.79 Å². The molecule has 0 aromatic carbocycles. The molecule has 0 bridgehead atoms. The Morgan fingerprint density at radius 2 is 2.14 bits per heavy atom. The van der Waals surface area contributed by atoms with E-state index in [0.29, 0.717) is 5.52 Å². The van der Waals surface area contributed by atoms with Crippen LogP contribution in [0.25, 0.3) is 5.52 Å². The smallest absolute Gasteiger partial charge is 0.291 e. The first kappa shape index (κ1) is 13.9. The van der Waals surface area contributed by atoms with Crippen LogP contribution in [-0.4, -0.2) is 26.1 Å². The van der Waals surface area contributed by atoms with Gasteiger partial charge in [0.25, 0.3) is 5.56 Å². The number of carbonyl (C=O) groups is 1. The quantitative estimate of drug-likeness (QED) is 0.930. The third-order valence-corrected chi connectivity index (χ3v) is 4.20. The Bertz CT molecular complexity index is 697. The summed E-state index contributed by atoms with van der Waals surface area (Å²) in [4.78, 5) is 24.6. The number of nitrogens with zero attached hydrogens (tertiary/aromatic N) is 3. The molecule has 2 aromatic rings. The van der Waals surface area contributed by atoms with Crippen LogP contribution in [-0.2, 0) is 4.79 Å². The molecule has 3 rings (SSSR count). The van der Waals surface area contributed by atoms with Crippen LogP contribution in [0.5, 0.6) is 0 Å². The van der Waals surface area contributed by atoms with Gasteiger partial charge in [0, 0.05) is 12.2 Å². The molecule has 6 heteroatoms. The van der Waals surface area contributed by atoms with E-state index in [1.165, 1.54) is 11.1 Å². The molecule has 0 spiro atoms. The Kier molecular flexibility index (Phi) is 3.77. The van der Waals surface area contributed by atoms with Crippen molar-refractivity contribution in [2.24, 2.45) is 0 Å². The largest absolute Gasteiger partial charge is 0.352 e. The first-order chi connectivity index (χ1) is 10.2. The van der Waals surface area contributed by atoms with Crippen molar-refractivity contribution >= 4 is 11.4 Å². The second kappa shape index (κ2) is 5.71. The minimum atomic E-state index is -0.598. The van der Waals surface area contributed by atoms with Crippen molar-refractivity contribution in [1.29, 1.82) is 0 Å². The summed E-state index contributed by atoms with van der Waals surface area (Å²) in [7, 11) is 0. The number of hydrogen-bond acceptors (Lipinski definition) is 3. The molecule has 0 saturated heterocycles. The molecule has 0 radical (unpaired) electrons. The highest BCUT2D eigenvalue weighted by Crippen LogP contribution is 2.18. The lowest BCUT2D eigenvalue weighted by molar-refractivity contribution is -0.125. The summed E-state index contributed by atoms with van der Waals surface area (Å²) in [5, 5.41) is 7.14. The second-order valence-corrected chi connectivity index (χ2v) is 5.70. The molecule has 1 aliphatic carbocycles. The monoisotopic (exact) mass is 288 g/mol. The van der Waals surface area contributed by atoms with E-state index < -0.39 is 6.04 Å². The van der Waals surface area contributed by atoms with E-state index in [-0.39, 0.29) is 17.5 Å². The maximum Gasteiger partial charge on any atom is 0.291 e. The van der Waals surface area contributed by atoms with Crippen LogP contribution < -0.4 is 10.9 Å². The van der Waals surface area contributed by atoms with Gasteiger partial charge in [0.15, 0.2) is 0 Å². The van der Waals surface area contributed by atoms with Gasteiger partial charge in [0.1, 0.15) is 17.9 Å². The predicted octanol–water partition coefficient (Wildman–Crippen LogP) is 1.51. The van der Waals surface area contributed by atoms with Crippen molar-refractivity contribution in [2.75, 3.05) is 0 Å². The van der Waals surface area contributed by atoms with Crippen molar-refractivity contribution in [1.82, 2.24) is 19.5 Å². The fourth-order valence-corrected chi connectivity index (χ4v) is 2.91. The van der Waals surface area contributed by atoms with E-state index >= 15 is 0 Å². The van der Waals surface area contributed by atoms with Crippen LogP contribution in [0.1, 0.15) is 45.1 Å². The molecule has 1 atom stereocenters. The molecule has 2 aromatic heterocycles. The Morgan fingerprint density at radius 1 is 1.38 bits per heavy atom. The summed E-state index contributed by atoms with van der Waals surface area (Å²) >= 11 is 0. The molecular formula is C15H20N4O2. The van der Waals surface area contributed by atoms with Gasteiger partial charge in [0.05, 0.1) is 0 Å². The number of hydrogen-bond donors (Lipinski definition) is 1. The number of carbonyl (C=O) groups excluding carboxylic acids is 1. The molecule has 6 nitrogen and oxygen atoms in total. The zero-order valence-electron chi connectivity index (χ0n) is 12.2. The van der Waals surface area contributed by atoms with Gasteiger partial charge in [-0.3, -0.25) is 9.59 Å². The van der Waals surface area contributed by atoms with Crippen LogP contribution >= 0.6 is 0 Å². The summed E-state index contributed by atoms with van der Waals surface area (Å²) in [5.74, 6) is -0.132. The molecule has 2 heterocycles. The van der Waals surface area contributed by atoms with Gasteiger partial charge in [-0.2, -0.15) is 5.10 Å². The van der Waals surface area contributed by atoms with Gasteiger partial charge in [-0.05, 0) is 31.9 Å². The van der Waals surface area contributed by atoms with Gasteiger partial charge in [0.2, 0.25) is 5.91 Å². The average Bonchev–Trinajstić information content (AvgIpc) is 2.97. The molecule has 1 amide bonds. The lowest BCUT2D eigenvalue weighted by atomic mass is 9.95. The van der Waals surface area contributed by atoms with Crippen molar-refractivity contribution in [2.45, 2.75) is 51.1 Å². The summed E-state index contributed by atoms with van der Waals surface area (Å²) < 4.78 is 2.91. The molecule has 21 heavy (non-hydrogen) atoms. The van der Waals surface area contributed by atoms with Crippen molar-refractivity contribution in [3.8, 4) is 0 Å². The maximum atomic E-state index is 12.3. The lowest BCUT2D eigenvalue weighted by Crippen LogP contribution is -2.42. The van der Waals surface area contributed by atoms with Gasteiger partial charge in [-0.25, -0.2) is 4.68 Å². The number of nitrogens with one attached hydrogen (secondary N) is 1. The van der Waals surface area contributed by atoms with E-state index in [1.54, 1.807) is 36.0 Å². The highest BCUT2D eigenvalue weighted by Gasteiger charge is 2.22. The molecular weight excluding hydrogens is 268 g/mol. The van der Waals surface area contributed by atoms with E-state index in [0.717, 1.165) is 25.7 Å². The topological polar surface area (TPSA) is 68.4 Å². The third kappa shape index (κ3) is 2.70. The summed E-state index contributed by atoms with van der Waals surface area (Å²) in [6.07, 6.45) is 8.94. The molecule has 112 valence electrons. The Hall–Kier alpha value is -2.11. The van der Waals surface area contributed by atoms with E-state index in [4.69, 9.17) is 0 Å². The van der Waals surface area contributed by atoms with Crippen LogP contribution in [0, 0.1) is 0 Å². The normalized spacial score (nSPS) is 17.8. The standard InChI is InChI=1S/C15H20N4O2/c1-11(14(20)17-12-6-3-2-4-7-12)19-15(21)13-8-5-9-18(13)10-16-19/h5,8-12H,2-4,6-7H2,1H3,(H,17,20). The molecule has 1 fully saturated rings. The zero-order valence-corrected chi connectivity index (χ0v) is 12.2. The van der Waals surface area contributed by atoms with Gasteiger partial charge in [-0.1, -0.05) is 19.3 Å². The minimum absolute atomic E-state index is 0.132. The SMILES string of the molecule is CC(C(=O)NC1CCCCC1)n1ncn2cccc2c1=O. The van der Waals surface area contributed by atoms with Crippen molar-refractivity contribution in [3.63, 3.8) is 0 Å². The number of fused-ring (bicyclic) bond motifs is 1. The summed E-state index contributed by atoms with van der Waals surface area (Å²) in [5.41, 5.74) is 0.288. The average molecular weight is 288 g/mol. The number of rotatable bonds is 3.